The smallest absolute Gasteiger partial charge is 0.248 e. The Bertz CT molecular complexity index is 680. The minimum Gasteiger partial charge on any atom is -0.496 e. The molecule has 0 saturated carbocycles. The molecule has 108 valence electrons. The highest BCUT2D eigenvalue weighted by Crippen LogP contribution is 2.24. The molecule has 0 spiro atoms. The predicted octanol–water partition coefficient (Wildman–Crippen LogP) is 4.42. The molecule has 2 aromatic rings. The van der Waals surface area contributed by atoms with Crippen molar-refractivity contribution < 1.29 is 9.53 Å². The van der Waals surface area contributed by atoms with Gasteiger partial charge < -0.3 is 10.1 Å². The van der Waals surface area contributed by atoms with Crippen LogP contribution in [0.2, 0.25) is 0 Å². The van der Waals surface area contributed by atoms with E-state index < -0.39 is 0 Å². The highest BCUT2D eigenvalue weighted by Gasteiger charge is 2.02. The molecular weight excluding hydrogens is 330 g/mol. The van der Waals surface area contributed by atoms with Crippen molar-refractivity contribution in [1.29, 1.82) is 0 Å². The lowest BCUT2D eigenvalue weighted by Crippen LogP contribution is -2.07. The second-order valence-corrected chi connectivity index (χ2v) is 5.49. The Morgan fingerprint density at radius 2 is 2.05 bits per heavy atom. The maximum atomic E-state index is 11.9. The largest absolute Gasteiger partial charge is 0.496 e. The number of benzene rings is 2. The molecule has 0 aliphatic carbocycles. The number of aryl methyl sites for hydroxylation is 1. The van der Waals surface area contributed by atoms with E-state index in [1.165, 1.54) is 6.08 Å². The molecule has 0 radical (unpaired) electrons. The van der Waals surface area contributed by atoms with Gasteiger partial charge >= 0.3 is 0 Å². The van der Waals surface area contributed by atoms with E-state index in [4.69, 9.17) is 4.74 Å². The first-order chi connectivity index (χ1) is 10.1. The first-order valence-electron chi connectivity index (χ1n) is 6.48. The molecule has 1 amide bonds. The Hall–Kier alpha value is -2.07. The van der Waals surface area contributed by atoms with E-state index in [2.05, 4.69) is 21.2 Å². The molecule has 0 bridgehead atoms. The van der Waals surface area contributed by atoms with Crippen molar-refractivity contribution in [3.05, 3.63) is 64.1 Å². The molecule has 1 N–H and O–H groups in total. The van der Waals surface area contributed by atoms with Crippen LogP contribution >= 0.6 is 15.9 Å². The fourth-order valence-electron chi connectivity index (χ4n) is 1.91. The summed E-state index contributed by atoms with van der Waals surface area (Å²) in [6, 6.07) is 13.3. The van der Waals surface area contributed by atoms with Crippen molar-refractivity contribution in [2.75, 3.05) is 12.4 Å². The number of nitrogens with one attached hydrogen (secondary N) is 1. The number of hydrogen-bond donors (Lipinski definition) is 1. The number of carbonyl (C=O) groups excluding carboxylic acids is 1. The first-order valence-corrected chi connectivity index (χ1v) is 7.27. The summed E-state index contributed by atoms with van der Waals surface area (Å²) in [7, 11) is 1.60. The van der Waals surface area contributed by atoms with Crippen molar-refractivity contribution in [1.82, 2.24) is 0 Å². The van der Waals surface area contributed by atoms with Crippen LogP contribution in [-0.2, 0) is 4.79 Å². The second kappa shape index (κ2) is 7.09. The highest BCUT2D eigenvalue weighted by molar-refractivity contribution is 9.10. The highest BCUT2D eigenvalue weighted by atomic mass is 79.9. The fraction of sp³-hybridized carbons (Fsp3) is 0.118. The summed E-state index contributed by atoms with van der Waals surface area (Å²) in [5.41, 5.74) is 2.72. The van der Waals surface area contributed by atoms with E-state index in [-0.39, 0.29) is 5.91 Å². The van der Waals surface area contributed by atoms with E-state index in [1.807, 2.05) is 49.4 Å². The van der Waals surface area contributed by atoms with Gasteiger partial charge in [0.1, 0.15) is 5.75 Å². The molecule has 0 saturated heterocycles. The van der Waals surface area contributed by atoms with Crippen molar-refractivity contribution in [2.45, 2.75) is 6.92 Å². The number of methoxy groups -OCH3 is 1. The van der Waals surface area contributed by atoms with Crippen LogP contribution in [-0.4, -0.2) is 13.0 Å². The number of halogens is 1. The Labute approximate surface area is 132 Å². The molecule has 0 unspecified atom stereocenters. The van der Waals surface area contributed by atoms with Crippen LogP contribution in [0, 0.1) is 6.92 Å². The van der Waals surface area contributed by atoms with E-state index in [0.717, 1.165) is 27.0 Å². The molecule has 0 fully saturated rings. The van der Waals surface area contributed by atoms with Gasteiger partial charge in [0.15, 0.2) is 0 Å². The second-order valence-electron chi connectivity index (χ2n) is 4.58. The zero-order chi connectivity index (χ0) is 15.2. The minimum absolute atomic E-state index is 0.178. The van der Waals surface area contributed by atoms with Gasteiger partial charge in [-0.1, -0.05) is 28.1 Å². The SMILES string of the molecule is COc1ccc(Br)cc1/C=C/C(=O)Nc1cccc(C)c1. The molecule has 21 heavy (non-hydrogen) atoms. The maximum absolute atomic E-state index is 11.9. The zero-order valence-electron chi connectivity index (χ0n) is 11.9. The summed E-state index contributed by atoms with van der Waals surface area (Å²) >= 11 is 3.40. The third kappa shape index (κ3) is 4.46. The standard InChI is InChI=1S/C17H16BrNO2/c1-12-4-3-5-15(10-12)19-17(20)9-6-13-11-14(18)7-8-16(13)21-2/h3-11H,1-2H3,(H,19,20)/b9-6+. The number of carbonyl (C=O) groups is 1. The Morgan fingerprint density at radius 1 is 1.24 bits per heavy atom. The number of anilines is 1. The number of amides is 1. The van der Waals surface area contributed by atoms with Gasteiger partial charge in [-0.25, -0.2) is 0 Å². The molecule has 0 atom stereocenters. The Morgan fingerprint density at radius 3 is 2.76 bits per heavy atom. The molecule has 2 aromatic carbocycles. The van der Waals surface area contributed by atoms with Crippen LogP contribution in [0.25, 0.3) is 6.08 Å². The van der Waals surface area contributed by atoms with Gasteiger partial charge in [0.05, 0.1) is 7.11 Å². The van der Waals surface area contributed by atoms with Gasteiger partial charge in [-0.05, 0) is 48.9 Å². The fourth-order valence-corrected chi connectivity index (χ4v) is 2.29. The quantitative estimate of drug-likeness (QED) is 0.833. The summed E-state index contributed by atoms with van der Waals surface area (Å²) in [6.07, 6.45) is 3.22. The van der Waals surface area contributed by atoms with Crippen LogP contribution in [0.1, 0.15) is 11.1 Å². The lowest BCUT2D eigenvalue weighted by Gasteiger charge is -2.05. The summed E-state index contributed by atoms with van der Waals surface area (Å²) in [5.74, 6) is 0.542. The van der Waals surface area contributed by atoms with Crippen LogP contribution < -0.4 is 10.1 Å². The average Bonchev–Trinajstić information content (AvgIpc) is 2.45. The summed E-state index contributed by atoms with van der Waals surface area (Å²) in [5, 5.41) is 2.83. The van der Waals surface area contributed by atoms with E-state index >= 15 is 0 Å². The topological polar surface area (TPSA) is 38.3 Å². The van der Waals surface area contributed by atoms with Gasteiger partial charge in [0, 0.05) is 21.8 Å². The van der Waals surface area contributed by atoms with Crippen molar-refractivity contribution >= 4 is 33.6 Å². The third-order valence-corrected chi connectivity index (χ3v) is 3.38. The van der Waals surface area contributed by atoms with Crippen LogP contribution in [0.4, 0.5) is 5.69 Å². The summed E-state index contributed by atoms with van der Waals surface area (Å²) < 4.78 is 6.20. The van der Waals surface area contributed by atoms with Gasteiger partial charge in [0.25, 0.3) is 0 Å². The lowest BCUT2D eigenvalue weighted by molar-refractivity contribution is -0.111. The Kier molecular flexibility index (Phi) is 5.17. The van der Waals surface area contributed by atoms with Gasteiger partial charge in [-0.15, -0.1) is 0 Å². The van der Waals surface area contributed by atoms with E-state index in [1.54, 1.807) is 13.2 Å². The minimum atomic E-state index is -0.178. The zero-order valence-corrected chi connectivity index (χ0v) is 13.5. The van der Waals surface area contributed by atoms with Gasteiger partial charge in [-0.2, -0.15) is 0 Å². The van der Waals surface area contributed by atoms with Crippen molar-refractivity contribution in [2.24, 2.45) is 0 Å². The van der Waals surface area contributed by atoms with Crippen LogP contribution in [0.3, 0.4) is 0 Å². The lowest BCUT2D eigenvalue weighted by atomic mass is 10.2. The average molecular weight is 346 g/mol. The summed E-state index contributed by atoms with van der Waals surface area (Å²) in [6.45, 7) is 1.98. The third-order valence-electron chi connectivity index (χ3n) is 2.89. The molecule has 0 aliphatic heterocycles. The first kappa shape index (κ1) is 15.3. The monoisotopic (exact) mass is 345 g/mol. The molecule has 2 rings (SSSR count). The molecule has 4 heteroatoms. The molecule has 3 nitrogen and oxygen atoms in total. The number of rotatable bonds is 4. The maximum Gasteiger partial charge on any atom is 0.248 e. The van der Waals surface area contributed by atoms with Gasteiger partial charge in [0.2, 0.25) is 5.91 Å². The summed E-state index contributed by atoms with van der Waals surface area (Å²) in [4.78, 5) is 11.9. The van der Waals surface area contributed by atoms with E-state index in [0.29, 0.717) is 0 Å². The molecule has 0 aliphatic rings. The van der Waals surface area contributed by atoms with Crippen molar-refractivity contribution in [3.8, 4) is 5.75 Å². The molecule has 0 heterocycles. The van der Waals surface area contributed by atoms with E-state index in [9.17, 15) is 4.79 Å². The predicted molar refractivity (Wildman–Crippen MR) is 89.5 cm³/mol. The Balaban J connectivity index is 2.10. The number of ether oxygens (including phenoxy) is 1. The normalized spacial score (nSPS) is 10.6. The van der Waals surface area contributed by atoms with Gasteiger partial charge in [-0.3, -0.25) is 4.79 Å². The van der Waals surface area contributed by atoms with Crippen molar-refractivity contribution in [3.63, 3.8) is 0 Å². The van der Waals surface area contributed by atoms with Crippen LogP contribution in [0.15, 0.2) is 53.0 Å². The van der Waals surface area contributed by atoms with Crippen LogP contribution in [0.5, 0.6) is 5.75 Å². The molecular formula is C17H16BrNO2. The number of hydrogen-bond acceptors (Lipinski definition) is 2. The molecule has 0 aromatic heterocycles.